The van der Waals surface area contributed by atoms with Crippen LogP contribution in [0.2, 0.25) is 0 Å². The second-order valence-corrected chi connectivity index (χ2v) is 6.36. The molecule has 3 amide bonds. The molecule has 1 fully saturated rings. The van der Waals surface area contributed by atoms with E-state index in [1.165, 1.54) is 12.6 Å². The molecule has 4 N–H and O–H groups in total. The Morgan fingerprint density at radius 3 is 2.40 bits per heavy atom. The van der Waals surface area contributed by atoms with Crippen molar-refractivity contribution >= 4 is 23.4 Å². The third kappa shape index (κ3) is 6.10. The molecular weight excluding hydrogens is 320 g/mol. The first-order valence-electron chi connectivity index (χ1n) is 8.61. The summed E-state index contributed by atoms with van der Waals surface area (Å²) in [5.74, 6) is -1.04. The molecule has 1 aromatic carbocycles. The Balaban J connectivity index is 1.84. The highest BCUT2D eigenvalue weighted by Gasteiger charge is 2.25. The van der Waals surface area contributed by atoms with Gasteiger partial charge in [0.1, 0.15) is 6.04 Å². The van der Waals surface area contributed by atoms with Gasteiger partial charge in [0, 0.05) is 38.2 Å². The number of hydrogen-bond donors (Lipinski definition) is 3. The zero-order valence-corrected chi connectivity index (χ0v) is 14.5. The number of amides is 3. The number of para-hydroxylation sites is 1. The number of piperidine rings is 1. The number of rotatable bonds is 7. The largest absolute Gasteiger partial charge is 0.371 e. The van der Waals surface area contributed by atoms with Crippen LogP contribution >= 0.6 is 0 Å². The molecule has 136 valence electrons. The van der Waals surface area contributed by atoms with Crippen molar-refractivity contribution in [2.45, 2.75) is 44.7 Å². The summed E-state index contributed by atoms with van der Waals surface area (Å²) in [4.78, 5) is 36.9. The molecule has 0 saturated carbocycles. The van der Waals surface area contributed by atoms with E-state index in [0.29, 0.717) is 0 Å². The monoisotopic (exact) mass is 346 g/mol. The molecule has 0 aromatic heterocycles. The van der Waals surface area contributed by atoms with E-state index in [9.17, 15) is 14.4 Å². The van der Waals surface area contributed by atoms with E-state index in [1.807, 2.05) is 18.2 Å². The second kappa shape index (κ2) is 9.05. The minimum atomic E-state index is -0.725. The van der Waals surface area contributed by atoms with Crippen molar-refractivity contribution < 1.29 is 14.4 Å². The lowest BCUT2D eigenvalue weighted by Gasteiger charge is -2.34. The zero-order valence-electron chi connectivity index (χ0n) is 14.5. The maximum Gasteiger partial charge on any atom is 0.242 e. The molecule has 1 saturated heterocycles. The molecule has 0 bridgehead atoms. The highest BCUT2D eigenvalue weighted by molar-refractivity contribution is 5.87. The van der Waals surface area contributed by atoms with Gasteiger partial charge in [0.25, 0.3) is 0 Å². The van der Waals surface area contributed by atoms with E-state index in [-0.39, 0.29) is 30.7 Å². The van der Waals surface area contributed by atoms with Gasteiger partial charge in [-0.05, 0) is 31.4 Å². The summed E-state index contributed by atoms with van der Waals surface area (Å²) < 4.78 is 0. The van der Waals surface area contributed by atoms with Crippen molar-refractivity contribution in [1.29, 1.82) is 0 Å². The number of nitrogens with two attached hydrogens (primary N) is 1. The highest BCUT2D eigenvalue weighted by atomic mass is 16.2. The summed E-state index contributed by atoms with van der Waals surface area (Å²) in [6.45, 7) is 3.07. The number of carbonyl (C=O) groups is 3. The molecule has 0 radical (unpaired) electrons. The Morgan fingerprint density at radius 1 is 1.20 bits per heavy atom. The maximum absolute atomic E-state index is 12.4. The van der Waals surface area contributed by atoms with Crippen LogP contribution in [0.25, 0.3) is 0 Å². The molecule has 0 aliphatic carbocycles. The highest BCUT2D eigenvalue weighted by Crippen LogP contribution is 2.19. The van der Waals surface area contributed by atoms with Gasteiger partial charge in [0.2, 0.25) is 17.7 Å². The van der Waals surface area contributed by atoms with Gasteiger partial charge in [0.15, 0.2) is 0 Å². The van der Waals surface area contributed by atoms with Crippen LogP contribution in [-0.4, -0.2) is 42.9 Å². The molecule has 0 spiro atoms. The smallest absolute Gasteiger partial charge is 0.242 e. The molecule has 0 unspecified atom stereocenters. The molecule has 1 atom stereocenters. The Morgan fingerprint density at radius 2 is 1.84 bits per heavy atom. The van der Waals surface area contributed by atoms with Crippen molar-refractivity contribution in [2.24, 2.45) is 5.73 Å². The predicted molar refractivity (Wildman–Crippen MR) is 95.9 cm³/mol. The number of hydrogen-bond acceptors (Lipinski definition) is 4. The fraction of sp³-hybridized carbons (Fsp3) is 0.500. The topological polar surface area (TPSA) is 105 Å². The number of benzene rings is 1. The Labute approximate surface area is 147 Å². The van der Waals surface area contributed by atoms with Gasteiger partial charge in [0.05, 0.1) is 0 Å². The maximum atomic E-state index is 12.4. The average Bonchev–Trinajstić information content (AvgIpc) is 2.59. The summed E-state index contributed by atoms with van der Waals surface area (Å²) in [5, 5.41) is 5.58. The summed E-state index contributed by atoms with van der Waals surface area (Å²) in [6, 6.07) is 9.52. The molecule has 1 aliphatic rings. The first-order chi connectivity index (χ1) is 12.0. The Kier molecular flexibility index (Phi) is 6.80. The second-order valence-electron chi connectivity index (χ2n) is 6.36. The fourth-order valence-electron chi connectivity index (χ4n) is 3.02. The molecule has 7 nitrogen and oxygen atoms in total. The molecule has 1 aromatic rings. The number of anilines is 1. The summed E-state index contributed by atoms with van der Waals surface area (Å²) in [6.07, 6.45) is 1.95. The van der Waals surface area contributed by atoms with Crippen LogP contribution in [0.3, 0.4) is 0 Å². The van der Waals surface area contributed by atoms with Gasteiger partial charge >= 0.3 is 0 Å². The summed E-state index contributed by atoms with van der Waals surface area (Å²) in [5.41, 5.74) is 6.32. The van der Waals surface area contributed by atoms with E-state index in [2.05, 4.69) is 27.7 Å². The van der Waals surface area contributed by atoms with Crippen molar-refractivity contribution in [3.05, 3.63) is 30.3 Å². The first-order valence-corrected chi connectivity index (χ1v) is 8.61. The van der Waals surface area contributed by atoms with Crippen molar-refractivity contribution in [2.75, 3.05) is 18.0 Å². The van der Waals surface area contributed by atoms with E-state index >= 15 is 0 Å². The molecule has 1 aliphatic heterocycles. The van der Waals surface area contributed by atoms with E-state index in [0.717, 1.165) is 25.9 Å². The van der Waals surface area contributed by atoms with Crippen LogP contribution in [-0.2, 0) is 14.4 Å². The molecular formula is C18H26N4O3. The van der Waals surface area contributed by atoms with Crippen molar-refractivity contribution in [3.63, 3.8) is 0 Å². The molecule has 2 rings (SSSR count). The van der Waals surface area contributed by atoms with Crippen LogP contribution in [0.4, 0.5) is 5.69 Å². The number of nitrogens with zero attached hydrogens (tertiary/aromatic N) is 1. The predicted octanol–water partition coefficient (Wildman–Crippen LogP) is 0.542. The Bertz CT molecular complexity index is 598. The number of carbonyl (C=O) groups excluding carboxylic acids is 3. The summed E-state index contributed by atoms with van der Waals surface area (Å²) >= 11 is 0. The SMILES string of the molecule is CC(=O)N[C@@H](CCC(N)=O)C(=O)NC1CCN(c2ccccc2)CC1. The number of primary amides is 1. The van der Waals surface area contributed by atoms with Gasteiger partial charge in [-0.3, -0.25) is 14.4 Å². The van der Waals surface area contributed by atoms with Crippen LogP contribution in [0.5, 0.6) is 0 Å². The van der Waals surface area contributed by atoms with Crippen LogP contribution in [0, 0.1) is 0 Å². The fourth-order valence-corrected chi connectivity index (χ4v) is 3.02. The van der Waals surface area contributed by atoms with E-state index < -0.39 is 11.9 Å². The lowest BCUT2D eigenvalue weighted by Crippen LogP contribution is -2.52. The lowest BCUT2D eigenvalue weighted by atomic mass is 10.0. The standard InChI is InChI=1S/C18H26N4O3/c1-13(23)20-16(7-8-17(19)24)18(25)21-14-9-11-22(12-10-14)15-5-3-2-4-6-15/h2-6,14,16H,7-12H2,1H3,(H2,19,24)(H,20,23)(H,21,25)/t16-/m0/s1. The summed E-state index contributed by atoms with van der Waals surface area (Å²) in [7, 11) is 0. The van der Waals surface area contributed by atoms with E-state index in [4.69, 9.17) is 5.73 Å². The van der Waals surface area contributed by atoms with Crippen molar-refractivity contribution in [1.82, 2.24) is 10.6 Å². The van der Waals surface area contributed by atoms with Crippen LogP contribution in [0.15, 0.2) is 30.3 Å². The quantitative estimate of drug-likeness (QED) is 0.670. The van der Waals surface area contributed by atoms with Crippen LogP contribution < -0.4 is 21.3 Å². The normalized spacial score (nSPS) is 16.1. The molecule has 25 heavy (non-hydrogen) atoms. The van der Waals surface area contributed by atoms with Gasteiger partial charge in [-0.25, -0.2) is 0 Å². The zero-order chi connectivity index (χ0) is 18.2. The number of nitrogens with one attached hydrogen (secondary N) is 2. The Hall–Kier alpha value is -2.57. The minimum Gasteiger partial charge on any atom is -0.371 e. The van der Waals surface area contributed by atoms with Gasteiger partial charge in [-0.2, -0.15) is 0 Å². The molecule has 7 heteroatoms. The first kappa shape index (κ1) is 18.8. The van der Waals surface area contributed by atoms with E-state index in [1.54, 1.807) is 0 Å². The van der Waals surface area contributed by atoms with Gasteiger partial charge in [-0.15, -0.1) is 0 Å². The van der Waals surface area contributed by atoms with Gasteiger partial charge in [-0.1, -0.05) is 18.2 Å². The van der Waals surface area contributed by atoms with Crippen LogP contribution in [0.1, 0.15) is 32.6 Å². The minimum absolute atomic E-state index is 0.0603. The third-order valence-electron chi connectivity index (χ3n) is 4.34. The lowest BCUT2D eigenvalue weighted by molar-refractivity contribution is -0.129. The van der Waals surface area contributed by atoms with Gasteiger partial charge < -0.3 is 21.3 Å². The van der Waals surface area contributed by atoms with Crippen molar-refractivity contribution in [3.8, 4) is 0 Å². The third-order valence-corrected chi connectivity index (χ3v) is 4.34. The average molecular weight is 346 g/mol. The molecule has 1 heterocycles.